The van der Waals surface area contributed by atoms with Crippen molar-refractivity contribution in [3.63, 3.8) is 0 Å². The zero-order valence-electron chi connectivity index (χ0n) is 12.9. The maximum atomic E-state index is 12.2. The van der Waals surface area contributed by atoms with E-state index in [4.69, 9.17) is 4.42 Å². The van der Waals surface area contributed by atoms with Crippen LogP contribution >= 0.6 is 0 Å². The maximum Gasteiger partial charge on any atom is 0.329 e. The highest BCUT2D eigenvalue weighted by atomic mass is 16.3. The van der Waals surface area contributed by atoms with Gasteiger partial charge in [0.25, 0.3) is 5.91 Å². The van der Waals surface area contributed by atoms with Crippen LogP contribution in [-0.4, -0.2) is 29.3 Å². The first-order chi connectivity index (χ1) is 11.5. The minimum atomic E-state index is -0.641. The second kappa shape index (κ2) is 6.41. The lowest BCUT2D eigenvalue weighted by molar-refractivity contribution is -0.127. The fourth-order valence-corrected chi connectivity index (χ4v) is 2.30. The average Bonchev–Trinajstić information content (AvgIpc) is 3.12. The number of rotatable bonds is 4. The lowest BCUT2D eigenvalue weighted by Gasteiger charge is -2.12. The maximum absolute atomic E-state index is 12.2. The molecule has 0 bridgehead atoms. The van der Waals surface area contributed by atoms with Crippen molar-refractivity contribution in [1.82, 2.24) is 10.2 Å². The minimum absolute atomic E-state index is 0.0679. The van der Waals surface area contributed by atoms with Crippen LogP contribution in [0.2, 0.25) is 0 Å². The molecular weight excluding hydrogens is 310 g/mol. The summed E-state index contributed by atoms with van der Waals surface area (Å²) in [6, 6.07) is 9.92. The van der Waals surface area contributed by atoms with Crippen LogP contribution in [0.25, 0.3) is 6.08 Å². The standard InChI is InChI=1S/C17H15N3O4/c1-11-4-2-5-12(8-11)18-15(21)10-20-16(22)14(19-17(20)23)9-13-6-3-7-24-13/h2-9H,10H2,1H3,(H,18,21)(H,19,23). The van der Waals surface area contributed by atoms with Gasteiger partial charge in [0, 0.05) is 11.8 Å². The van der Waals surface area contributed by atoms with Gasteiger partial charge in [-0.25, -0.2) is 9.69 Å². The molecule has 3 rings (SSSR count). The Morgan fingerprint density at radius 1 is 1.29 bits per heavy atom. The summed E-state index contributed by atoms with van der Waals surface area (Å²) in [6.07, 6.45) is 2.87. The highest BCUT2D eigenvalue weighted by Gasteiger charge is 2.35. The number of carbonyl (C=O) groups excluding carboxylic acids is 3. The number of anilines is 1. The molecule has 1 fully saturated rings. The first-order valence-corrected chi connectivity index (χ1v) is 7.27. The summed E-state index contributed by atoms with van der Waals surface area (Å²) in [5.41, 5.74) is 1.67. The Morgan fingerprint density at radius 3 is 2.83 bits per heavy atom. The van der Waals surface area contributed by atoms with Gasteiger partial charge in [-0.15, -0.1) is 0 Å². The van der Waals surface area contributed by atoms with Crippen LogP contribution in [0, 0.1) is 6.92 Å². The van der Waals surface area contributed by atoms with Gasteiger partial charge in [-0.1, -0.05) is 12.1 Å². The second-order valence-corrected chi connectivity index (χ2v) is 5.31. The normalized spacial score (nSPS) is 15.7. The number of amides is 4. The van der Waals surface area contributed by atoms with Crippen LogP contribution < -0.4 is 10.6 Å². The van der Waals surface area contributed by atoms with Crippen molar-refractivity contribution in [3.05, 3.63) is 59.7 Å². The van der Waals surface area contributed by atoms with Gasteiger partial charge in [-0.2, -0.15) is 0 Å². The molecule has 122 valence electrons. The summed E-state index contributed by atoms with van der Waals surface area (Å²) >= 11 is 0. The topological polar surface area (TPSA) is 91.7 Å². The summed E-state index contributed by atoms with van der Waals surface area (Å²) in [5.74, 6) is -0.594. The van der Waals surface area contributed by atoms with Crippen molar-refractivity contribution in [2.24, 2.45) is 0 Å². The number of carbonyl (C=O) groups is 3. The molecule has 1 aliphatic heterocycles. The Kier molecular flexibility index (Phi) is 4.15. The van der Waals surface area contributed by atoms with E-state index in [1.54, 1.807) is 24.3 Å². The van der Waals surface area contributed by atoms with Gasteiger partial charge in [0.2, 0.25) is 5.91 Å². The molecule has 7 nitrogen and oxygen atoms in total. The van der Waals surface area contributed by atoms with Crippen molar-refractivity contribution >= 4 is 29.6 Å². The van der Waals surface area contributed by atoms with Gasteiger partial charge in [-0.3, -0.25) is 9.59 Å². The van der Waals surface area contributed by atoms with Crippen LogP contribution in [0.5, 0.6) is 0 Å². The van der Waals surface area contributed by atoms with Gasteiger partial charge >= 0.3 is 6.03 Å². The largest absolute Gasteiger partial charge is 0.465 e. The molecule has 0 unspecified atom stereocenters. The van der Waals surface area contributed by atoms with Gasteiger partial charge in [0.05, 0.1) is 6.26 Å². The first-order valence-electron chi connectivity index (χ1n) is 7.27. The van der Waals surface area contributed by atoms with Crippen LogP contribution in [0.4, 0.5) is 10.5 Å². The number of urea groups is 1. The molecule has 4 amide bonds. The molecule has 0 radical (unpaired) electrons. The third-order valence-corrected chi connectivity index (χ3v) is 3.40. The molecule has 0 aliphatic carbocycles. The smallest absolute Gasteiger partial charge is 0.329 e. The predicted molar refractivity (Wildman–Crippen MR) is 86.7 cm³/mol. The Balaban J connectivity index is 1.67. The quantitative estimate of drug-likeness (QED) is 0.665. The highest BCUT2D eigenvalue weighted by Crippen LogP contribution is 2.15. The first kappa shape index (κ1) is 15.5. The van der Waals surface area contributed by atoms with Crippen LogP contribution in [0.1, 0.15) is 11.3 Å². The van der Waals surface area contributed by atoms with Crippen molar-refractivity contribution in [1.29, 1.82) is 0 Å². The fourth-order valence-electron chi connectivity index (χ4n) is 2.30. The van der Waals surface area contributed by atoms with E-state index in [1.807, 2.05) is 19.1 Å². The average molecular weight is 325 g/mol. The molecule has 0 saturated carbocycles. The van der Waals surface area contributed by atoms with E-state index >= 15 is 0 Å². The van der Waals surface area contributed by atoms with E-state index in [0.29, 0.717) is 11.4 Å². The Bertz CT molecular complexity index is 824. The molecule has 2 aromatic rings. The van der Waals surface area contributed by atoms with Crippen molar-refractivity contribution < 1.29 is 18.8 Å². The molecule has 7 heteroatoms. The lowest BCUT2D eigenvalue weighted by Crippen LogP contribution is -2.38. The molecule has 2 heterocycles. The van der Waals surface area contributed by atoms with E-state index in [9.17, 15) is 14.4 Å². The summed E-state index contributed by atoms with van der Waals surface area (Å²) < 4.78 is 5.11. The zero-order valence-corrected chi connectivity index (χ0v) is 12.9. The van der Waals surface area contributed by atoms with Crippen LogP contribution in [-0.2, 0) is 9.59 Å². The molecule has 24 heavy (non-hydrogen) atoms. The number of furan rings is 1. The Morgan fingerprint density at radius 2 is 2.12 bits per heavy atom. The van der Waals surface area contributed by atoms with Crippen LogP contribution in [0.15, 0.2) is 52.8 Å². The van der Waals surface area contributed by atoms with E-state index in [2.05, 4.69) is 10.6 Å². The fraction of sp³-hybridized carbons (Fsp3) is 0.118. The third kappa shape index (κ3) is 3.35. The summed E-state index contributed by atoms with van der Waals surface area (Å²) in [5, 5.41) is 5.09. The minimum Gasteiger partial charge on any atom is -0.465 e. The predicted octanol–water partition coefficient (Wildman–Crippen LogP) is 2.12. The van der Waals surface area contributed by atoms with Gasteiger partial charge in [0.1, 0.15) is 18.0 Å². The lowest BCUT2D eigenvalue weighted by atomic mass is 10.2. The SMILES string of the molecule is Cc1cccc(NC(=O)CN2C(=O)NC(=Cc3ccco3)C2=O)c1. The zero-order chi connectivity index (χ0) is 17.1. The number of nitrogens with one attached hydrogen (secondary N) is 2. The summed E-state index contributed by atoms with van der Waals surface area (Å²) in [4.78, 5) is 37.1. The van der Waals surface area contributed by atoms with Gasteiger partial charge in [0.15, 0.2) is 0 Å². The highest BCUT2D eigenvalue weighted by molar-refractivity contribution is 6.15. The van der Waals surface area contributed by atoms with E-state index in [1.165, 1.54) is 12.3 Å². The molecule has 1 aliphatic rings. The van der Waals surface area contributed by atoms with Gasteiger partial charge in [-0.05, 0) is 36.8 Å². The number of aryl methyl sites for hydroxylation is 1. The number of hydrogen-bond acceptors (Lipinski definition) is 4. The van der Waals surface area contributed by atoms with Crippen molar-refractivity contribution in [2.45, 2.75) is 6.92 Å². The second-order valence-electron chi connectivity index (χ2n) is 5.31. The van der Waals surface area contributed by atoms with Crippen molar-refractivity contribution in [3.8, 4) is 0 Å². The molecule has 1 saturated heterocycles. The van der Waals surface area contributed by atoms with Gasteiger partial charge < -0.3 is 15.1 Å². The molecule has 2 N–H and O–H groups in total. The number of hydrogen-bond donors (Lipinski definition) is 2. The van der Waals surface area contributed by atoms with E-state index in [-0.39, 0.29) is 12.2 Å². The third-order valence-electron chi connectivity index (χ3n) is 3.40. The Labute approximate surface area is 137 Å². The summed E-state index contributed by atoms with van der Waals surface area (Å²) in [7, 11) is 0. The Hall–Kier alpha value is -3.35. The molecule has 1 aromatic heterocycles. The number of nitrogens with zero attached hydrogens (tertiary/aromatic N) is 1. The summed E-state index contributed by atoms with van der Waals surface area (Å²) in [6.45, 7) is 1.53. The van der Waals surface area contributed by atoms with E-state index < -0.39 is 17.8 Å². The number of imide groups is 1. The van der Waals surface area contributed by atoms with E-state index in [0.717, 1.165) is 10.5 Å². The monoisotopic (exact) mass is 325 g/mol. The molecule has 0 spiro atoms. The number of benzene rings is 1. The van der Waals surface area contributed by atoms with Crippen LogP contribution in [0.3, 0.4) is 0 Å². The molecule has 0 atom stereocenters. The molecule has 1 aromatic carbocycles. The molecular formula is C17H15N3O4. The van der Waals surface area contributed by atoms with Crippen molar-refractivity contribution in [2.75, 3.05) is 11.9 Å².